The van der Waals surface area contributed by atoms with Gasteiger partial charge in [0, 0.05) is 35.0 Å². The topological polar surface area (TPSA) is 73.8 Å². The lowest BCUT2D eigenvalue weighted by Crippen LogP contribution is -2.18. The number of aromatic nitrogens is 4. The molecule has 0 aliphatic carbocycles. The van der Waals surface area contributed by atoms with Gasteiger partial charge in [0.2, 0.25) is 0 Å². The Morgan fingerprint density at radius 3 is 2.77 bits per heavy atom. The van der Waals surface area contributed by atoms with Crippen molar-refractivity contribution in [3.8, 4) is 0 Å². The molecule has 0 fully saturated rings. The van der Waals surface area contributed by atoms with Crippen molar-refractivity contribution in [2.45, 2.75) is 13.0 Å². The van der Waals surface area contributed by atoms with Crippen LogP contribution in [-0.2, 0) is 13.0 Å². The fourth-order valence-corrected chi connectivity index (χ4v) is 2.26. The summed E-state index contributed by atoms with van der Waals surface area (Å²) in [6.45, 7) is 0.185. The summed E-state index contributed by atoms with van der Waals surface area (Å²) in [7, 11) is 0. The monoisotopic (exact) mass is 320 g/mol. The van der Waals surface area contributed by atoms with Gasteiger partial charge in [0.1, 0.15) is 12.1 Å². The zero-order valence-corrected chi connectivity index (χ0v) is 12.0. The summed E-state index contributed by atoms with van der Waals surface area (Å²) in [4.78, 5) is 19.5. The van der Waals surface area contributed by atoms with E-state index in [4.69, 9.17) is 11.6 Å². The van der Waals surface area contributed by atoms with E-state index in [9.17, 15) is 9.18 Å². The molecule has 2 aromatic heterocycles. The van der Waals surface area contributed by atoms with Crippen LogP contribution >= 0.6 is 11.6 Å². The number of nitrogens with zero attached hydrogens (tertiary/aromatic N) is 4. The summed E-state index contributed by atoms with van der Waals surface area (Å²) in [5.41, 5.74) is 0.962. The first-order valence-corrected chi connectivity index (χ1v) is 6.75. The van der Waals surface area contributed by atoms with Crippen LogP contribution in [0.2, 0.25) is 5.02 Å². The van der Waals surface area contributed by atoms with Crippen LogP contribution in [-0.4, -0.2) is 19.7 Å². The molecule has 0 aliphatic heterocycles. The van der Waals surface area contributed by atoms with Crippen molar-refractivity contribution in [2.24, 2.45) is 0 Å². The van der Waals surface area contributed by atoms with Crippen LogP contribution in [0.25, 0.3) is 0 Å². The predicted octanol–water partition coefficient (Wildman–Crippen LogP) is 2.06. The lowest BCUT2D eigenvalue weighted by atomic mass is 10.1. The third-order valence-corrected chi connectivity index (χ3v) is 3.47. The number of halogens is 2. The van der Waals surface area contributed by atoms with E-state index in [0.717, 1.165) is 0 Å². The molecule has 0 aliphatic rings. The van der Waals surface area contributed by atoms with Crippen LogP contribution in [0, 0.1) is 5.82 Å². The molecule has 3 aromatic rings. The Bertz CT molecular complexity index is 827. The average Bonchev–Trinajstić information content (AvgIpc) is 2.85. The van der Waals surface area contributed by atoms with Gasteiger partial charge in [-0.15, -0.1) is 0 Å². The predicted molar refractivity (Wildman–Crippen MR) is 76.1 cm³/mol. The van der Waals surface area contributed by atoms with Crippen molar-refractivity contribution in [2.75, 3.05) is 0 Å². The van der Waals surface area contributed by atoms with Crippen molar-refractivity contribution < 1.29 is 8.91 Å². The minimum Gasteiger partial charge on any atom is -0.296 e. The van der Waals surface area contributed by atoms with E-state index in [1.54, 1.807) is 18.5 Å². The van der Waals surface area contributed by atoms with Crippen LogP contribution in [0.1, 0.15) is 17.0 Å². The van der Waals surface area contributed by atoms with Gasteiger partial charge in [0.05, 0.1) is 6.54 Å². The maximum Gasteiger partial charge on any atom is 0.441 e. The quantitative estimate of drug-likeness (QED) is 0.735. The van der Waals surface area contributed by atoms with Gasteiger partial charge in [-0.2, -0.15) is 0 Å². The molecule has 0 spiro atoms. The molecule has 0 saturated carbocycles. The first kappa shape index (κ1) is 14.4. The Balaban J connectivity index is 1.94. The molecule has 112 valence electrons. The van der Waals surface area contributed by atoms with Gasteiger partial charge in [-0.05, 0) is 12.1 Å². The second-order valence-electron chi connectivity index (χ2n) is 4.57. The third kappa shape index (κ3) is 2.89. The third-order valence-electron chi connectivity index (χ3n) is 3.11. The zero-order valence-electron chi connectivity index (χ0n) is 11.2. The highest BCUT2D eigenvalue weighted by atomic mass is 35.5. The molecule has 0 unspecified atom stereocenters. The Labute approximate surface area is 129 Å². The summed E-state index contributed by atoms with van der Waals surface area (Å²) in [5.74, 6) is -0.815. The highest BCUT2D eigenvalue weighted by Crippen LogP contribution is 2.21. The first-order valence-electron chi connectivity index (χ1n) is 6.37. The Hall–Kier alpha value is -2.54. The first-order chi connectivity index (χ1) is 10.6. The molecule has 3 rings (SSSR count). The largest absolute Gasteiger partial charge is 0.441 e. The Morgan fingerprint density at radius 2 is 2.05 bits per heavy atom. The van der Waals surface area contributed by atoms with Crippen LogP contribution < -0.4 is 5.76 Å². The highest BCUT2D eigenvalue weighted by Gasteiger charge is 2.16. The number of hydrogen-bond donors (Lipinski definition) is 0. The van der Waals surface area contributed by atoms with Gasteiger partial charge in [-0.1, -0.05) is 22.8 Å². The number of benzene rings is 1. The van der Waals surface area contributed by atoms with Crippen molar-refractivity contribution in [3.05, 3.63) is 75.3 Å². The molecule has 0 saturated heterocycles. The summed E-state index contributed by atoms with van der Waals surface area (Å²) in [5, 5.41) is 3.97. The van der Waals surface area contributed by atoms with Gasteiger partial charge in [-0.3, -0.25) is 9.09 Å². The van der Waals surface area contributed by atoms with Crippen LogP contribution in [0.4, 0.5) is 4.39 Å². The molecular formula is C14H10ClFN4O2. The number of hydrogen-bond acceptors (Lipinski definition) is 5. The SMILES string of the molecule is O=c1onc(Cc2c(F)cccc2Cl)n1Cc1cncnc1. The van der Waals surface area contributed by atoms with Gasteiger partial charge in [-0.25, -0.2) is 19.2 Å². The minimum atomic E-state index is -0.633. The minimum absolute atomic E-state index is 0.0466. The van der Waals surface area contributed by atoms with E-state index in [0.29, 0.717) is 5.56 Å². The fraction of sp³-hybridized carbons (Fsp3) is 0.143. The van der Waals surface area contributed by atoms with Crippen LogP contribution in [0.15, 0.2) is 46.2 Å². The Kier molecular flexibility index (Phi) is 3.97. The molecule has 1 aromatic carbocycles. The van der Waals surface area contributed by atoms with Crippen molar-refractivity contribution in [1.29, 1.82) is 0 Å². The second-order valence-corrected chi connectivity index (χ2v) is 4.98. The maximum absolute atomic E-state index is 13.9. The summed E-state index contributed by atoms with van der Waals surface area (Å²) >= 11 is 5.99. The molecule has 8 heteroatoms. The lowest BCUT2D eigenvalue weighted by molar-refractivity contribution is 0.375. The van der Waals surface area contributed by atoms with Gasteiger partial charge >= 0.3 is 5.76 Å². The average molecular weight is 321 g/mol. The van der Waals surface area contributed by atoms with Gasteiger partial charge in [0.15, 0.2) is 5.82 Å². The van der Waals surface area contributed by atoms with E-state index in [-0.39, 0.29) is 29.4 Å². The van der Waals surface area contributed by atoms with Crippen LogP contribution in [0.5, 0.6) is 0 Å². The van der Waals surface area contributed by atoms with Crippen molar-refractivity contribution >= 4 is 11.6 Å². The fourth-order valence-electron chi connectivity index (χ4n) is 2.03. The molecule has 22 heavy (non-hydrogen) atoms. The van der Waals surface area contributed by atoms with E-state index in [1.807, 2.05) is 0 Å². The summed E-state index contributed by atoms with van der Waals surface area (Å²) in [6, 6.07) is 4.39. The van der Waals surface area contributed by atoms with E-state index >= 15 is 0 Å². The Morgan fingerprint density at radius 1 is 1.27 bits per heavy atom. The normalized spacial score (nSPS) is 10.8. The molecular weight excluding hydrogens is 311 g/mol. The van der Waals surface area contributed by atoms with Crippen LogP contribution in [0.3, 0.4) is 0 Å². The molecule has 0 amide bonds. The lowest BCUT2D eigenvalue weighted by Gasteiger charge is -2.06. The van der Waals surface area contributed by atoms with E-state index < -0.39 is 11.6 Å². The standard InChI is InChI=1S/C14H10ClFN4O2/c15-11-2-1-3-12(16)10(11)4-13-19-22-14(21)20(13)7-9-5-17-8-18-6-9/h1-3,5-6,8H,4,7H2. The smallest absolute Gasteiger partial charge is 0.296 e. The molecule has 6 nitrogen and oxygen atoms in total. The second kappa shape index (κ2) is 6.07. The molecule has 0 bridgehead atoms. The van der Waals surface area contributed by atoms with Crippen molar-refractivity contribution in [3.63, 3.8) is 0 Å². The van der Waals surface area contributed by atoms with E-state index in [1.165, 1.54) is 23.0 Å². The van der Waals surface area contributed by atoms with Gasteiger partial charge < -0.3 is 0 Å². The highest BCUT2D eigenvalue weighted by molar-refractivity contribution is 6.31. The molecule has 2 heterocycles. The van der Waals surface area contributed by atoms with E-state index in [2.05, 4.69) is 19.6 Å². The molecule has 0 N–H and O–H groups in total. The number of rotatable bonds is 4. The molecule has 0 atom stereocenters. The molecule has 0 radical (unpaired) electrons. The van der Waals surface area contributed by atoms with Crippen molar-refractivity contribution in [1.82, 2.24) is 19.7 Å². The maximum atomic E-state index is 13.9. The summed E-state index contributed by atoms with van der Waals surface area (Å²) < 4.78 is 19.8. The zero-order chi connectivity index (χ0) is 15.5. The van der Waals surface area contributed by atoms with Gasteiger partial charge in [0.25, 0.3) is 0 Å². The summed E-state index contributed by atoms with van der Waals surface area (Å²) in [6.07, 6.45) is 4.59.